The minimum atomic E-state index is -1.08. The molecule has 1 unspecified atom stereocenters. The highest BCUT2D eigenvalue weighted by Gasteiger charge is 2.37. The van der Waals surface area contributed by atoms with Crippen molar-refractivity contribution in [2.45, 2.75) is 38.3 Å². The van der Waals surface area contributed by atoms with Gasteiger partial charge in [0, 0.05) is 32.2 Å². The number of piperidine rings is 1. The van der Waals surface area contributed by atoms with E-state index >= 15 is 0 Å². The summed E-state index contributed by atoms with van der Waals surface area (Å²) in [6, 6.07) is 1.22. The van der Waals surface area contributed by atoms with Crippen LogP contribution in [0.4, 0.5) is 5.95 Å². The van der Waals surface area contributed by atoms with Gasteiger partial charge in [-0.3, -0.25) is 4.90 Å². The molecular formula is C13H21N5O2. The summed E-state index contributed by atoms with van der Waals surface area (Å²) in [6.07, 6.45) is 3.90. The Hall–Kier alpha value is -1.63. The number of carboxylic acid groups (broad SMARTS) is 1. The number of hydrogen-bond donors (Lipinski definition) is 1. The first kappa shape index (κ1) is 13.4. The standard InChI is InChI=1S/C13H21N5O2/c1-9-5-3-4-6-18(9)10-7-17(8-10)13-14-11(12(19)20)15-16(13)2/h9-10H,3-8H2,1-2H3,(H,19,20). The molecule has 0 saturated carbocycles. The Morgan fingerprint density at radius 3 is 2.70 bits per heavy atom. The minimum absolute atomic E-state index is 0.128. The van der Waals surface area contributed by atoms with E-state index in [-0.39, 0.29) is 5.82 Å². The highest BCUT2D eigenvalue weighted by molar-refractivity contribution is 5.83. The second kappa shape index (κ2) is 5.05. The summed E-state index contributed by atoms with van der Waals surface area (Å²) >= 11 is 0. The zero-order valence-corrected chi connectivity index (χ0v) is 12.0. The van der Waals surface area contributed by atoms with Crippen molar-refractivity contribution in [2.75, 3.05) is 24.5 Å². The van der Waals surface area contributed by atoms with Gasteiger partial charge in [0.05, 0.1) is 0 Å². The molecule has 2 saturated heterocycles. The Morgan fingerprint density at radius 2 is 2.10 bits per heavy atom. The highest BCUT2D eigenvalue weighted by atomic mass is 16.4. The van der Waals surface area contributed by atoms with Crippen LogP contribution in [0.15, 0.2) is 0 Å². The second-order valence-corrected chi connectivity index (χ2v) is 5.81. The number of aryl methyl sites for hydroxylation is 1. The van der Waals surface area contributed by atoms with Gasteiger partial charge < -0.3 is 10.0 Å². The molecule has 3 heterocycles. The van der Waals surface area contributed by atoms with Crippen molar-refractivity contribution >= 4 is 11.9 Å². The van der Waals surface area contributed by atoms with Gasteiger partial charge in [-0.05, 0) is 26.3 Å². The molecule has 0 spiro atoms. The van der Waals surface area contributed by atoms with Crippen LogP contribution in [0.1, 0.15) is 36.8 Å². The van der Waals surface area contributed by atoms with Gasteiger partial charge in [-0.15, -0.1) is 5.10 Å². The number of carbonyl (C=O) groups is 1. The van der Waals surface area contributed by atoms with Gasteiger partial charge >= 0.3 is 5.97 Å². The summed E-state index contributed by atoms with van der Waals surface area (Å²) in [5.41, 5.74) is 0. The summed E-state index contributed by atoms with van der Waals surface area (Å²) in [4.78, 5) is 19.7. The first-order valence-electron chi connectivity index (χ1n) is 7.21. The molecular weight excluding hydrogens is 258 g/mol. The summed E-state index contributed by atoms with van der Waals surface area (Å²) in [5.74, 6) is -0.547. The number of nitrogens with zero attached hydrogens (tertiary/aromatic N) is 5. The zero-order chi connectivity index (χ0) is 14.3. The maximum Gasteiger partial charge on any atom is 0.375 e. The summed E-state index contributed by atoms with van der Waals surface area (Å²) in [7, 11) is 1.74. The number of aromatic nitrogens is 3. The highest BCUT2D eigenvalue weighted by Crippen LogP contribution is 2.27. The molecule has 1 atom stereocenters. The van der Waals surface area contributed by atoms with Gasteiger partial charge in [-0.1, -0.05) is 6.42 Å². The van der Waals surface area contributed by atoms with Crippen LogP contribution >= 0.6 is 0 Å². The van der Waals surface area contributed by atoms with E-state index in [0.717, 1.165) is 13.1 Å². The summed E-state index contributed by atoms with van der Waals surface area (Å²) in [5, 5.41) is 12.8. The number of rotatable bonds is 3. The van der Waals surface area contributed by atoms with Crippen molar-refractivity contribution in [3.05, 3.63) is 5.82 Å². The van der Waals surface area contributed by atoms with Crippen LogP contribution < -0.4 is 4.90 Å². The lowest BCUT2D eigenvalue weighted by Gasteiger charge is -2.49. The van der Waals surface area contributed by atoms with Crippen molar-refractivity contribution in [2.24, 2.45) is 7.05 Å². The van der Waals surface area contributed by atoms with E-state index in [4.69, 9.17) is 5.11 Å². The van der Waals surface area contributed by atoms with Gasteiger partial charge in [0.15, 0.2) is 0 Å². The van der Waals surface area contributed by atoms with Crippen LogP contribution in [0.3, 0.4) is 0 Å². The lowest BCUT2D eigenvalue weighted by atomic mass is 9.98. The third-order valence-electron chi connectivity index (χ3n) is 4.40. The molecule has 2 fully saturated rings. The molecule has 2 aliphatic heterocycles. The first-order valence-corrected chi connectivity index (χ1v) is 7.21. The Bertz CT molecular complexity index is 509. The van der Waals surface area contributed by atoms with Crippen molar-refractivity contribution < 1.29 is 9.90 Å². The Morgan fingerprint density at radius 1 is 1.35 bits per heavy atom. The Balaban J connectivity index is 1.64. The molecule has 110 valence electrons. The third-order valence-corrected chi connectivity index (χ3v) is 4.40. The monoisotopic (exact) mass is 279 g/mol. The fraction of sp³-hybridized carbons (Fsp3) is 0.769. The molecule has 7 nitrogen and oxygen atoms in total. The van der Waals surface area contributed by atoms with E-state index in [1.165, 1.54) is 25.8 Å². The SMILES string of the molecule is CC1CCCCN1C1CN(c2nc(C(=O)O)nn2C)C1. The van der Waals surface area contributed by atoms with E-state index in [0.29, 0.717) is 18.0 Å². The van der Waals surface area contributed by atoms with Crippen molar-refractivity contribution in [1.82, 2.24) is 19.7 Å². The molecule has 0 bridgehead atoms. The average Bonchev–Trinajstić information content (AvgIpc) is 2.72. The lowest BCUT2D eigenvalue weighted by molar-refractivity contribution is 0.0683. The normalized spacial score (nSPS) is 24.7. The van der Waals surface area contributed by atoms with E-state index in [1.807, 2.05) is 0 Å². The van der Waals surface area contributed by atoms with Crippen LogP contribution in [0.5, 0.6) is 0 Å². The average molecular weight is 279 g/mol. The van der Waals surface area contributed by atoms with Crippen LogP contribution in [-0.4, -0.2) is 62.5 Å². The van der Waals surface area contributed by atoms with E-state index in [9.17, 15) is 4.79 Å². The predicted molar refractivity (Wildman–Crippen MR) is 74.0 cm³/mol. The van der Waals surface area contributed by atoms with E-state index in [1.54, 1.807) is 11.7 Å². The molecule has 20 heavy (non-hydrogen) atoms. The molecule has 7 heteroatoms. The van der Waals surface area contributed by atoms with Gasteiger partial charge in [-0.2, -0.15) is 4.98 Å². The molecule has 0 aliphatic carbocycles. The largest absolute Gasteiger partial charge is 0.475 e. The maximum absolute atomic E-state index is 10.9. The number of carboxylic acids is 1. The number of anilines is 1. The van der Waals surface area contributed by atoms with Crippen LogP contribution in [0.25, 0.3) is 0 Å². The molecule has 0 aromatic carbocycles. The maximum atomic E-state index is 10.9. The smallest absolute Gasteiger partial charge is 0.375 e. The van der Waals surface area contributed by atoms with Crippen LogP contribution in [0.2, 0.25) is 0 Å². The van der Waals surface area contributed by atoms with E-state index < -0.39 is 5.97 Å². The zero-order valence-electron chi connectivity index (χ0n) is 12.0. The van der Waals surface area contributed by atoms with E-state index in [2.05, 4.69) is 26.8 Å². The van der Waals surface area contributed by atoms with Crippen molar-refractivity contribution in [3.63, 3.8) is 0 Å². The van der Waals surface area contributed by atoms with Crippen LogP contribution in [-0.2, 0) is 7.05 Å². The summed E-state index contributed by atoms with van der Waals surface area (Å²) < 4.78 is 1.55. The second-order valence-electron chi connectivity index (χ2n) is 5.81. The molecule has 0 amide bonds. The third kappa shape index (κ3) is 2.26. The molecule has 2 aliphatic rings. The van der Waals surface area contributed by atoms with Gasteiger partial charge in [0.2, 0.25) is 5.95 Å². The molecule has 1 aromatic rings. The number of likely N-dealkylation sites (tertiary alicyclic amines) is 1. The Labute approximate surface area is 118 Å². The Kier molecular flexibility index (Phi) is 3.37. The topological polar surface area (TPSA) is 74.5 Å². The molecule has 1 aromatic heterocycles. The van der Waals surface area contributed by atoms with Crippen LogP contribution in [0, 0.1) is 0 Å². The quantitative estimate of drug-likeness (QED) is 0.872. The lowest BCUT2D eigenvalue weighted by Crippen LogP contribution is -2.62. The minimum Gasteiger partial charge on any atom is -0.475 e. The van der Waals surface area contributed by atoms with Gasteiger partial charge in [0.25, 0.3) is 5.82 Å². The molecule has 3 rings (SSSR count). The molecule has 1 N–H and O–H groups in total. The molecule has 0 radical (unpaired) electrons. The number of aromatic carboxylic acids is 1. The summed E-state index contributed by atoms with van der Waals surface area (Å²) in [6.45, 7) is 5.30. The predicted octanol–water partition coefficient (Wildman–Crippen LogP) is 0.576. The van der Waals surface area contributed by atoms with Gasteiger partial charge in [0.1, 0.15) is 0 Å². The number of hydrogen-bond acceptors (Lipinski definition) is 5. The first-order chi connectivity index (χ1) is 9.56. The van der Waals surface area contributed by atoms with Gasteiger partial charge in [-0.25, -0.2) is 9.48 Å². The van der Waals surface area contributed by atoms with Crippen molar-refractivity contribution in [1.29, 1.82) is 0 Å². The fourth-order valence-corrected chi connectivity index (χ4v) is 3.23. The fourth-order valence-electron chi connectivity index (χ4n) is 3.23. The van der Waals surface area contributed by atoms with Crippen molar-refractivity contribution in [3.8, 4) is 0 Å².